The molecule has 0 saturated carbocycles. The number of nitrogens with one attached hydrogen (secondary N) is 4. The maximum atomic E-state index is 12.6. The number of benzene rings is 2. The van der Waals surface area contributed by atoms with Crippen LogP contribution in [0.15, 0.2) is 110 Å². The Morgan fingerprint density at radius 1 is 0.547 bits per heavy atom. The van der Waals surface area contributed by atoms with Crippen molar-refractivity contribution in [3.8, 4) is 11.3 Å². The summed E-state index contributed by atoms with van der Waals surface area (Å²) in [6.07, 6.45) is 5.08. The highest BCUT2D eigenvalue weighted by molar-refractivity contribution is 6.29. The van der Waals surface area contributed by atoms with Crippen LogP contribution < -0.4 is 21.3 Å². The van der Waals surface area contributed by atoms with Gasteiger partial charge in [0.2, 0.25) is 0 Å². The number of carbonyl (C=O) groups is 4. The fourth-order valence-corrected chi connectivity index (χ4v) is 4.45. The van der Waals surface area contributed by atoms with E-state index >= 15 is 0 Å². The van der Waals surface area contributed by atoms with Gasteiger partial charge in [-0.3, -0.25) is 30.2 Å². The average Bonchev–Trinajstić information content (AvgIpc) is 3.09. The van der Waals surface area contributed by atoms with Gasteiger partial charge >= 0.3 is 12.2 Å². The van der Waals surface area contributed by atoms with Crippen molar-refractivity contribution in [1.82, 2.24) is 15.0 Å². The van der Waals surface area contributed by atoms with Crippen LogP contribution in [0, 0.1) is 0 Å². The molecule has 3 aromatic heterocycles. The van der Waals surface area contributed by atoms with E-state index in [1.807, 2.05) is 12.1 Å². The molecule has 5 rings (SSSR count). The molecule has 2 aromatic carbocycles. The van der Waals surface area contributed by atoms with Crippen molar-refractivity contribution in [2.24, 2.45) is 0 Å². The summed E-state index contributed by atoms with van der Waals surface area (Å²) in [5.41, 5.74) is 2.88. The second kappa shape index (κ2) is 17.7. The fraction of sp³-hybridized carbons (Fsp3) is 0.205. The summed E-state index contributed by atoms with van der Waals surface area (Å²) < 4.78 is 10.5. The number of hydrogen-bond donors (Lipinski definition) is 4. The second-order valence-corrected chi connectivity index (χ2v) is 13.7. The first-order chi connectivity index (χ1) is 25.1. The van der Waals surface area contributed by atoms with Crippen LogP contribution in [0.4, 0.5) is 32.3 Å². The summed E-state index contributed by atoms with van der Waals surface area (Å²) in [6, 6.07) is 24.0. The first-order valence-electron chi connectivity index (χ1n) is 16.3. The Bertz CT molecular complexity index is 2030. The Hall–Kier alpha value is -6.34. The maximum Gasteiger partial charge on any atom is 0.412 e. The van der Waals surface area contributed by atoms with Crippen LogP contribution >= 0.6 is 11.6 Å². The van der Waals surface area contributed by atoms with Gasteiger partial charge in [-0.15, -0.1) is 0 Å². The van der Waals surface area contributed by atoms with Gasteiger partial charge in [0.05, 0.1) is 39.6 Å². The van der Waals surface area contributed by atoms with Gasteiger partial charge in [0, 0.05) is 30.4 Å². The Labute approximate surface area is 312 Å². The zero-order valence-corrected chi connectivity index (χ0v) is 30.8. The summed E-state index contributed by atoms with van der Waals surface area (Å²) in [5, 5.41) is 11.1. The molecule has 0 aliphatic heterocycles. The number of anilines is 4. The molecule has 0 aliphatic carbocycles. The zero-order chi connectivity index (χ0) is 38.6. The van der Waals surface area contributed by atoms with E-state index in [9.17, 15) is 19.2 Å². The standard InChI is InChI=1S/C22H22N4O3.C17H18ClN3O3/c1-22(2,3)29-21(28)26-19-9-5-4-8-18(19)25-20(27)16-10-11-17(24-14-16)15-7-6-12-23-13-15;1-17(2,3)24-16(23)21-13-7-5-4-6-12(13)20-15(22)11-8-9-14(18)19-10-11/h4-14H,1-3H3,(H,25,27)(H,26,28);4-10H,1-3H3,(H,20,22)(H,21,23). The number of pyridine rings is 3. The number of halogens is 1. The molecule has 0 fully saturated rings. The third-order valence-corrected chi connectivity index (χ3v) is 6.82. The topological polar surface area (TPSA) is 174 Å². The molecule has 53 heavy (non-hydrogen) atoms. The minimum absolute atomic E-state index is 0.304. The lowest BCUT2D eigenvalue weighted by Crippen LogP contribution is -2.27. The summed E-state index contributed by atoms with van der Waals surface area (Å²) >= 11 is 5.71. The lowest BCUT2D eigenvalue weighted by molar-refractivity contribution is 0.0624. The van der Waals surface area contributed by atoms with E-state index in [1.54, 1.807) is 121 Å². The minimum atomic E-state index is -0.621. The van der Waals surface area contributed by atoms with Gasteiger partial charge in [-0.1, -0.05) is 35.9 Å². The Balaban J connectivity index is 0.000000241. The van der Waals surface area contributed by atoms with Crippen LogP contribution in [-0.4, -0.2) is 50.2 Å². The molecule has 4 amide bonds. The van der Waals surface area contributed by atoms with E-state index in [-0.39, 0.29) is 11.8 Å². The van der Waals surface area contributed by atoms with Crippen LogP contribution in [0.3, 0.4) is 0 Å². The summed E-state index contributed by atoms with van der Waals surface area (Å²) in [7, 11) is 0. The lowest BCUT2D eigenvalue weighted by Gasteiger charge is -2.20. The van der Waals surface area contributed by atoms with Gasteiger partial charge in [-0.2, -0.15) is 0 Å². The molecule has 0 saturated heterocycles. The Morgan fingerprint density at radius 2 is 1.00 bits per heavy atom. The van der Waals surface area contributed by atoms with Crippen molar-refractivity contribution in [3.05, 3.63) is 126 Å². The minimum Gasteiger partial charge on any atom is -0.444 e. The number of para-hydroxylation sites is 4. The molecule has 0 radical (unpaired) electrons. The van der Waals surface area contributed by atoms with Crippen LogP contribution in [0.5, 0.6) is 0 Å². The number of rotatable bonds is 7. The predicted molar refractivity (Wildman–Crippen MR) is 205 cm³/mol. The Morgan fingerprint density at radius 3 is 1.38 bits per heavy atom. The number of carbonyl (C=O) groups excluding carboxylic acids is 4. The SMILES string of the molecule is CC(C)(C)OC(=O)Nc1ccccc1NC(=O)c1ccc(-c2cccnc2)nc1.CC(C)(C)OC(=O)Nc1ccccc1NC(=O)c1ccc(Cl)nc1. The number of nitrogens with zero attached hydrogens (tertiary/aromatic N) is 3. The van der Waals surface area contributed by atoms with E-state index in [0.717, 1.165) is 11.3 Å². The van der Waals surface area contributed by atoms with Crippen molar-refractivity contribution in [2.75, 3.05) is 21.3 Å². The lowest BCUT2D eigenvalue weighted by atomic mass is 10.1. The Kier molecular flexibility index (Phi) is 13.2. The zero-order valence-electron chi connectivity index (χ0n) is 30.1. The molecule has 3 heterocycles. The molecular weight excluding hydrogens is 698 g/mol. The van der Waals surface area contributed by atoms with Gasteiger partial charge in [-0.25, -0.2) is 14.6 Å². The van der Waals surface area contributed by atoms with Crippen LogP contribution in [0.25, 0.3) is 11.3 Å². The number of hydrogen-bond acceptors (Lipinski definition) is 9. The molecule has 274 valence electrons. The molecule has 0 atom stereocenters. The van der Waals surface area contributed by atoms with Crippen molar-refractivity contribution in [1.29, 1.82) is 0 Å². The smallest absolute Gasteiger partial charge is 0.412 e. The number of aromatic nitrogens is 3. The fourth-order valence-electron chi connectivity index (χ4n) is 4.34. The van der Waals surface area contributed by atoms with Crippen molar-refractivity contribution in [3.63, 3.8) is 0 Å². The van der Waals surface area contributed by atoms with Crippen LogP contribution in [-0.2, 0) is 9.47 Å². The molecule has 0 aliphatic rings. The van der Waals surface area contributed by atoms with E-state index in [4.69, 9.17) is 21.1 Å². The third kappa shape index (κ3) is 13.1. The summed E-state index contributed by atoms with van der Waals surface area (Å²) in [5.74, 6) is -0.703. The van der Waals surface area contributed by atoms with Crippen molar-refractivity contribution >= 4 is 58.4 Å². The predicted octanol–water partition coefficient (Wildman–Crippen LogP) is 9.08. The average molecular weight is 738 g/mol. The molecule has 5 aromatic rings. The van der Waals surface area contributed by atoms with Gasteiger partial charge in [-0.05, 0) is 102 Å². The van der Waals surface area contributed by atoms with Gasteiger partial charge in [0.1, 0.15) is 16.4 Å². The molecule has 13 nitrogen and oxygen atoms in total. The highest BCUT2D eigenvalue weighted by atomic mass is 35.5. The third-order valence-electron chi connectivity index (χ3n) is 6.59. The molecule has 0 spiro atoms. The van der Waals surface area contributed by atoms with E-state index < -0.39 is 23.4 Å². The molecular formula is C39H40ClN7O6. The highest BCUT2D eigenvalue weighted by Gasteiger charge is 2.19. The quantitative estimate of drug-likeness (QED) is 0.119. The van der Waals surface area contributed by atoms with Gasteiger partial charge in [0.25, 0.3) is 11.8 Å². The van der Waals surface area contributed by atoms with Gasteiger partial charge in [0.15, 0.2) is 0 Å². The normalized spacial score (nSPS) is 10.8. The van der Waals surface area contributed by atoms with Crippen LogP contribution in [0.2, 0.25) is 5.15 Å². The first-order valence-corrected chi connectivity index (χ1v) is 16.7. The highest BCUT2D eigenvalue weighted by Crippen LogP contribution is 2.25. The van der Waals surface area contributed by atoms with E-state index in [0.29, 0.717) is 39.0 Å². The van der Waals surface area contributed by atoms with Gasteiger partial charge < -0.3 is 20.1 Å². The van der Waals surface area contributed by atoms with Crippen molar-refractivity contribution in [2.45, 2.75) is 52.7 Å². The van der Waals surface area contributed by atoms with E-state index in [2.05, 4.69) is 36.2 Å². The first kappa shape index (κ1) is 39.4. The van der Waals surface area contributed by atoms with Crippen LogP contribution in [0.1, 0.15) is 62.3 Å². The second-order valence-electron chi connectivity index (χ2n) is 13.3. The molecule has 4 N–H and O–H groups in total. The molecule has 14 heteroatoms. The monoisotopic (exact) mass is 737 g/mol. The summed E-state index contributed by atoms with van der Waals surface area (Å²) in [6.45, 7) is 10.7. The molecule has 0 bridgehead atoms. The molecule has 0 unspecified atom stereocenters. The summed E-state index contributed by atoms with van der Waals surface area (Å²) in [4.78, 5) is 61.1. The number of amides is 4. The van der Waals surface area contributed by atoms with Crippen molar-refractivity contribution < 1.29 is 28.7 Å². The largest absolute Gasteiger partial charge is 0.444 e. The maximum absolute atomic E-state index is 12.6. The number of ether oxygens (including phenoxy) is 2. The van der Waals surface area contributed by atoms with E-state index in [1.165, 1.54) is 18.5 Å².